The summed E-state index contributed by atoms with van der Waals surface area (Å²) in [7, 11) is 3.49. The molecule has 7 heteroatoms. The van der Waals surface area contributed by atoms with E-state index in [1.807, 2.05) is 36.5 Å². The SMILES string of the molecule is CN=C(NCc1ccnc2ccccc12)NCC(c1ccc(OC)cc1)N1CCOCC1. The van der Waals surface area contributed by atoms with Crippen molar-refractivity contribution < 1.29 is 9.47 Å². The molecule has 1 saturated heterocycles. The van der Waals surface area contributed by atoms with E-state index >= 15 is 0 Å². The minimum Gasteiger partial charge on any atom is -0.497 e. The third kappa shape index (κ3) is 5.36. The molecule has 2 N–H and O–H groups in total. The van der Waals surface area contributed by atoms with E-state index in [1.165, 1.54) is 11.1 Å². The fraction of sp³-hybridized carbons (Fsp3) is 0.360. The molecule has 4 rings (SSSR count). The van der Waals surface area contributed by atoms with Gasteiger partial charge in [-0.15, -0.1) is 0 Å². The first-order valence-corrected chi connectivity index (χ1v) is 11.0. The van der Waals surface area contributed by atoms with Gasteiger partial charge in [0.1, 0.15) is 5.75 Å². The topological polar surface area (TPSA) is 71.0 Å². The van der Waals surface area contributed by atoms with Crippen molar-refractivity contribution in [3.63, 3.8) is 0 Å². The highest BCUT2D eigenvalue weighted by atomic mass is 16.5. The smallest absolute Gasteiger partial charge is 0.191 e. The first-order valence-electron chi connectivity index (χ1n) is 11.0. The van der Waals surface area contributed by atoms with Crippen LogP contribution in [0.3, 0.4) is 0 Å². The molecule has 2 heterocycles. The number of methoxy groups -OCH3 is 1. The molecule has 3 aromatic rings. The fourth-order valence-electron chi connectivity index (χ4n) is 4.08. The highest BCUT2D eigenvalue weighted by Gasteiger charge is 2.23. The minimum absolute atomic E-state index is 0.213. The second kappa shape index (κ2) is 10.9. The molecule has 0 amide bonds. The summed E-state index contributed by atoms with van der Waals surface area (Å²) < 4.78 is 10.9. The number of benzene rings is 2. The van der Waals surface area contributed by atoms with Crippen LogP contribution >= 0.6 is 0 Å². The summed E-state index contributed by atoms with van der Waals surface area (Å²) >= 11 is 0. The second-order valence-electron chi connectivity index (χ2n) is 7.73. The molecular formula is C25H31N5O2. The van der Waals surface area contributed by atoms with Gasteiger partial charge in [0.2, 0.25) is 0 Å². The zero-order valence-corrected chi connectivity index (χ0v) is 18.8. The third-order valence-corrected chi connectivity index (χ3v) is 5.86. The maximum Gasteiger partial charge on any atom is 0.191 e. The van der Waals surface area contributed by atoms with Crippen LogP contribution in [0.1, 0.15) is 17.2 Å². The molecule has 1 aromatic heterocycles. The molecule has 0 spiro atoms. The first kappa shape index (κ1) is 22.0. The molecule has 0 bridgehead atoms. The number of aromatic nitrogens is 1. The van der Waals surface area contributed by atoms with Crippen molar-refractivity contribution in [2.75, 3.05) is 47.0 Å². The molecule has 1 aliphatic rings. The van der Waals surface area contributed by atoms with Crippen LogP contribution in [-0.4, -0.2) is 62.8 Å². The summed E-state index contributed by atoms with van der Waals surface area (Å²) in [4.78, 5) is 11.3. The number of ether oxygens (including phenoxy) is 2. The van der Waals surface area contributed by atoms with Crippen LogP contribution in [-0.2, 0) is 11.3 Å². The molecule has 0 radical (unpaired) electrons. The largest absolute Gasteiger partial charge is 0.497 e. The number of pyridine rings is 1. The predicted molar refractivity (Wildman–Crippen MR) is 128 cm³/mol. The Kier molecular flexibility index (Phi) is 7.53. The lowest BCUT2D eigenvalue weighted by Crippen LogP contribution is -2.46. The van der Waals surface area contributed by atoms with Gasteiger partial charge in [-0.1, -0.05) is 30.3 Å². The maximum absolute atomic E-state index is 5.57. The number of hydrogen-bond acceptors (Lipinski definition) is 5. The lowest BCUT2D eigenvalue weighted by Gasteiger charge is -2.35. The van der Waals surface area contributed by atoms with Crippen molar-refractivity contribution in [2.45, 2.75) is 12.6 Å². The van der Waals surface area contributed by atoms with E-state index in [0.29, 0.717) is 6.54 Å². The molecule has 1 aliphatic heterocycles. The first-order chi connectivity index (χ1) is 15.8. The molecular weight excluding hydrogens is 402 g/mol. The highest BCUT2D eigenvalue weighted by Crippen LogP contribution is 2.23. The van der Waals surface area contributed by atoms with Crippen molar-refractivity contribution in [1.29, 1.82) is 0 Å². The van der Waals surface area contributed by atoms with E-state index in [1.54, 1.807) is 14.2 Å². The number of nitrogens with one attached hydrogen (secondary N) is 2. The maximum atomic E-state index is 5.57. The fourth-order valence-corrected chi connectivity index (χ4v) is 4.08. The van der Waals surface area contributed by atoms with Crippen LogP contribution in [0, 0.1) is 0 Å². The highest BCUT2D eigenvalue weighted by molar-refractivity contribution is 5.83. The summed E-state index contributed by atoms with van der Waals surface area (Å²) in [5.74, 6) is 1.64. The zero-order chi connectivity index (χ0) is 22.2. The van der Waals surface area contributed by atoms with E-state index in [4.69, 9.17) is 9.47 Å². The van der Waals surface area contributed by atoms with Gasteiger partial charge in [-0.2, -0.15) is 0 Å². The number of morpholine rings is 1. The summed E-state index contributed by atoms with van der Waals surface area (Å²) in [5.41, 5.74) is 3.44. The van der Waals surface area contributed by atoms with E-state index in [0.717, 1.165) is 55.5 Å². The number of guanidine groups is 1. The molecule has 1 fully saturated rings. The quantitative estimate of drug-likeness (QED) is 0.441. The average Bonchev–Trinajstić information content (AvgIpc) is 2.87. The average molecular weight is 434 g/mol. The standard InChI is InChI=1S/C25H31N5O2/c1-26-25(28-17-20-11-12-27-23-6-4-3-5-22(20)23)29-18-24(30-13-15-32-16-14-30)19-7-9-21(31-2)10-8-19/h3-12,24H,13-18H2,1-2H3,(H2,26,28,29). The van der Waals surface area contributed by atoms with E-state index in [9.17, 15) is 0 Å². The van der Waals surface area contributed by atoms with E-state index < -0.39 is 0 Å². The summed E-state index contributed by atoms with van der Waals surface area (Å²) in [6.45, 7) is 4.75. The monoisotopic (exact) mass is 433 g/mol. The van der Waals surface area contributed by atoms with Crippen molar-refractivity contribution in [3.05, 3.63) is 71.9 Å². The Hall–Kier alpha value is -3.16. The number of aliphatic imine (C=N–C) groups is 1. The van der Waals surface area contributed by atoms with Gasteiger partial charge in [-0.05, 0) is 35.4 Å². The molecule has 32 heavy (non-hydrogen) atoms. The van der Waals surface area contributed by atoms with E-state index in [2.05, 4.69) is 49.8 Å². The number of hydrogen-bond donors (Lipinski definition) is 2. The Labute approximate surface area is 189 Å². The van der Waals surface area contributed by atoms with Gasteiger partial charge < -0.3 is 20.1 Å². The van der Waals surface area contributed by atoms with Crippen molar-refractivity contribution in [2.24, 2.45) is 4.99 Å². The minimum atomic E-state index is 0.213. The zero-order valence-electron chi connectivity index (χ0n) is 18.8. The van der Waals surface area contributed by atoms with Crippen molar-refractivity contribution >= 4 is 16.9 Å². The van der Waals surface area contributed by atoms with Gasteiger partial charge in [0.05, 0.1) is 31.9 Å². The number of para-hydroxylation sites is 1. The van der Waals surface area contributed by atoms with E-state index in [-0.39, 0.29) is 6.04 Å². The number of nitrogens with zero attached hydrogens (tertiary/aromatic N) is 3. The summed E-state index contributed by atoms with van der Waals surface area (Å²) in [6.07, 6.45) is 1.85. The summed E-state index contributed by atoms with van der Waals surface area (Å²) in [5, 5.41) is 8.13. The van der Waals surface area contributed by atoms with Crippen molar-refractivity contribution in [3.8, 4) is 5.75 Å². The number of rotatable bonds is 7. The van der Waals surface area contributed by atoms with Gasteiger partial charge in [-0.25, -0.2) is 0 Å². The normalized spacial score (nSPS) is 16.0. The van der Waals surface area contributed by atoms with Gasteiger partial charge >= 0.3 is 0 Å². The molecule has 168 valence electrons. The molecule has 7 nitrogen and oxygen atoms in total. The summed E-state index contributed by atoms with van der Waals surface area (Å²) in [6, 6.07) is 18.8. The molecule has 1 unspecified atom stereocenters. The van der Waals surface area contributed by atoms with Crippen molar-refractivity contribution in [1.82, 2.24) is 20.5 Å². The van der Waals surface area contributed by atoms with Gasteiger partial charge in [0.15, 0.2) is 5.96 Å². The van der Waals surface area contributed by atoms with Gasteiger partial charge in [0, 0.05) is 44.8 Å². The predicted octanol–water partition coefficient (Wildman–Crippen LogP) is 2.98. The lowest BCUT2D eigenvalue weighted by molar-refractivity contribution is 0.0170. The number of fused-ring (bicyclic) bond motifs is 1. The molecule has 1 atom stereocenters. The Morgan fingerprint density at radius 2 is 1.88 bits per heavy atom. The van der Waals surface area contributed by atoms with Crippen LogP contribution in [0.2, 0.25) is 0 Å². The molecule has 0 aliphatic carbocycles. The third-order valence-electron chi connectivity index (χ3n) is 5.86. The van der Waals surface area contributed by atoms with Crippen LogP contribution < -0.4 is 15.4 Å². The van der Waals surface area contributed by atoms with Crippen LogP contribution in [0.25, 0.3) is 10.9 Å². The van der Waals surface area contributed by atoms with Crippen LogP contribution in [0.15, 0.2) is 65.8 Å². The second-order valence-corrected chi connectivity index (χ2v) is 7.73. The Balaban J connectivity index is 1.43. The van der Waals surface area contributed by atoms with Gasteiger partial charge in [0.25, 0.3) is 0 Å². The Morgan fingerprint density at radius 3 is 2.62 bits per heavy atom. The molecule has 2 aromatic carbocycles. The van der Waals surface area contributed by atoms with Crippen LogP contribution in [0.5, 0.6) is 5.75 Å². The Morgan fingerprint density at radius 1 is 1.09 bits per heavy atom. The Bertz CT molecular complexity index is 1030. The molecule has 0 saturated carbocycles. The van der Waals surface area contributed by atoms with Crippen LogP contribution in [0.4, 0.5) is 0 Å². The van der Waals surface area contributed by atoms with Gasteiger partial charge in [-0.3, -0.25) is 14.9 Å². The lowest BCUT2D eigenvalue weighted by atomic mass is 10.0.